The first-order valence-electron chi connectivity index (χ1n) is 6.79. The highest BCUT2D eigenvalue weighted by Crippen LogP contribution is 2.17. The van der Waals surface area contributed by atoms with Gasteiger partial charge in [-0.05, 0) is 44.9 Å². The fourth-order valence-electron chi connectivity index (χ4n) is 1.74. The zero-order chi connectivity index (χ0) is 15.8. The van der Waals surface area contributed by atoms with Crippen LogP contribution < -0.4 is 0 Å². The Bertz CT molecular complexity index is 578. The maximum Gasteiger partial charge on any atom is 0.336 e. The third-order valence-corrected chi connectivity index (χ3v) is 2.79. The smallest absolute Gasteiger partial charge is 0.336 e. The molecule has 112 valence electrons. The molecule has 0 aliphatic carbocycles. The van der Waals surface area contributed by atoms with E-state index in [4.69, 9.17) is 4.74 Å². The van der Waals surface area contributed by atoms with E-state index in [9.17, 15) is 14.7 Å². The highest BCUT2D eigenvalue weighted by molar-refractivity contribution is 5.98. The molecule has 4 heteroatoms. The summed E-state index contributed by atoms with van der Waals surface area (Å²) in [6, 6.07) is 6.58. The maximum absolute atomic E-state index is 12.0. The van der Waals surface area contributed by atoms with Crippen molar-refractivity contribution >= 4 is 18.0 Å². The van der Waals surface area contributed by atoms with Gasteiger partial charge in [0.25, 0.3) is 0 Å². The third-order valence-electron chi connectivity index (χ3n) is 2.79. The summed E-state index contributed by atoms with van der Waals surface area (Å²) in [7, 11) is 0. The second kappa shape index (κ2) is 8.04. The zero-order valence-electron chi connectivity index (χ0n) is 12.6. The van der Waals surface area contributed by atoms with E-state index >= 15 is 0 Å². The van der Waals surface area contributed by atoms with Crippen LogP contribution in [0.25, 0.3) is 6.08 Å². The number of ether oxygens (including phenoxy) is 1. The quantitative estimate of drug-likeness (QED) is 0.492. The Balaban J connectivity index is 3.21. The number of carboxylic acid groups (broad SMARTS) is 1. The highest BCUT2D eigenvalue weighted by Gasteiger charge is 2.13. The second-order valence-corrected chi connectivity index (χ2v) is 4.77. The number of hydrogen-bond donors (Lipinski definition) is 1. The topological polar surface area (TPSA) is 63.6 Å². The number of aromatic carboxylic acids is 1. The lowest BCUT2D eigenvalue weighted by atomic mass is 10.0. The maximum atomic E-state index is 12.0. The van der Waals surface area contributed by atoms with Crippen molar-refractivity contribution in [2.75, 3.05) is 6.61 Å². The Morgan fingerprint density at radius 3 is 2.48 bits per heavy atom. The van der Waals surface area contributed by atoms with Gasteiger partial charge in [0.2, 0.25) is 0 Å². The largest absolute Gasteiger partial charge is 0.478 e. The van der Waals surface area contributed by atoms with Gasteiger partial charge in [0, 0.05) is 5.57 Å². The van der Waals surface area contributed by atoms with Crippen LogP contribution in [0.5, 0.6) is 0 Å². The molecule has 0 saturated heterocycles. The lowest BCUT2D eigenvalue weighted by Gasteiger charge is -2.07. The molecule has 0 saturated carbocycles. The minimum absolute atomic E-state index is 0.163. The van der Waals surface area contributed by atoms with Crippen LogP contribution >= 0.6 is 0 Å². The molecule has 0 bridgehead atoms. The molecule has 4 nitrogen and oxygen atoms in total. The van der Waals surface area contributed by atoms with E-state index in [2.05, 4.69) is 0 Å². The summed E-state index contributed by atoms with van der Waals surface area (Å²) in [6.45, 7) is 5.90. The van der Waals surface area contributed by atoms with Crippen LogP contribution in [0.15, 0.2) is 41.5 Å². The first-order chi connectivity index (χ1) is 9.95. The van der Waals surface area contributed by atoms with Crippen molar-refractivity contribution in [3.05, 3.63) is 52.6 Å². The first kappa shape index (κ1) is 16.7. The number of carboxylic acids is 1. The van der Waals surface area contributed by atoms with Crippen LogP contribution in [0.3, 0.4) is 0 Å². The lowest BCUT2D eigenvalue weighted by Crippen LogP contribution is -2.08. The van der Waals surface area contributed by atoms with Crippen molar-refractivity contribution < 1.29 is 19.4 Å². The van der Waals surface area contributed by atoms with Gasteiger partial charge in [-0.15, -0.1) is 0 Å². The van der Waals surface area contributed by atoms with Crippen LogP contribution in [0, 0.1) is 0 Å². The molecule has 1 N–H and O–H groups in total. The normalized spacial score (nSPS) is 10.9. The monoisotopic (exact) mass is 288 g/mol. The molecule has 0 aliphatic heterocycles. The van der Waals surface area contributed by atoms with Gasteiger partial charge >= 0.3 is 11.9 Å². The number of allylic oxidation sites excluding steroid dienone is 2. The molecule has 0 aromatic heterocycles. The molecule has 1 rings (SSSR count). The molecular weight excluding hydrogens is 268 g/mol. The summed E-state index contributed by atoms with van der Waals surface area (Å²) in [6.07, 6.45) is 3.90. The molecule has 0 fully saturated rings. The summed E-state index contributed by atoms with van der Waals surface area (Å²) in [5.74, 6) is -1.44. The SMILES string of the molecule is CCOC(=O)/C(=C\c1ccccc1C(=O)O)CC=C(C)C. The summed E-state index contributed by atoms with van der Waals surface area (Å²) in [4.78, 5) is 23.2. The van der Waals surface area contributed by atoms with Gasteiger partial charge in [0.1, 0.15) is 0 Å². The van der Waals surface area contributed by atoms with E-state index in [1.54, 1.807) is 31.2 Å². The Labute approximate surface area is 124 Å². The van der Waals surface area contributed by atoms with Gasteiger partial charge in [0.15, 0.2) is 0 Å². The Morgan fingerprint density at radius 2 is 1.90 bits per heavy atom. The van der Waals surface area contributed by atoms with Gasteiger partial charge < -0.3 is 9.84 Å². The predicted molar refractivity (Wildman–Crippen MR) is 82.1 cm³/mol. The fourth-order valence-corrected chi connectivity index (χ4v) is 1.74. The van der Waals surface area contributed by atoms with E-state index in [0.29, 0.717) is 17.6 Å². The van der Waals surface area contributed by atoms with E-state index in [1.165, 1.54) is 6.07 Å². The summed E-state index contributed by atoms with van der Waals surface area (Å²) in [5, 5.41) is 9.18. The second-order valence-electron chi connectivity index (χ2n) is 4.77. The number of esters is 1. The zero-order valence-corrected chi connectivity index (χ0v) is 12.6. The van der Waals surface area contributed by atoms with Crippen LogP contribution in [0.4, 0.5) is 0 Å². The van der Waals surface area contributed by atoms with Crippen molar-refractivity contribution in [2.24, 2.45) is 0 Å². The van der Waals surface area contributed by atoms with Crippen molar-refractivity contribution in [2.45, 2.75) is 27.2 Å². The van der Waals surface area contributed by atoms with Crippen LogP contribution in [0.1, 0.15) is 43.1 Å². The van der Waals surface area contributed by atoms with Crippen LogP contribution in [-0.2, 0) is 9.53 Å². The molecular formula is C17H20O4. The Morgan fingerprint density at radius 1 is 1.24 bits per heavy atom. The van der Waals surface area contributed by atoms with Gasteiger partial charge in [-0.1, -0.05) is 29.8 Å². The summed E-state index contributed by atoms with van der Waals surface area (Å²) in [5.41, 5.74) is 2.18. The molecule has 0 atom stereocenters. The van der Waals surface area contributed by atoms with Gasteiger partial charge in [0.05, 0.1) is 12.2 Å². The standard InChI is InChI=1S/C17H20O4/c1-4-21-17(20)14(10-9-12(2)3)11-13-7-5-6-8-15(13)16(18)19/h5-9,11H,4,10H2,1-3H3,(H,18,19)/b14-11-. The van der Waals surface area contributed by atoms with Crippen molar-refractivity contribution in [3.8, 4) is 0 Å². The predicted octanol–water partition coefficient (Wildman–Crippen LogP) is 3.69. The summed E-state index contributed by atoms with van der Waals surface area (Å²) >= 11 is 0. The van der Waals surface area contributed by atoms with E-state index < -0.39 is 11.9 Å². The fraction of sp³-hybridized carbons (Fsp3) is 0.294. The molecule has 21 heavy (non-hydrogen) atoms. The number of hydrogen-bond acceptors (Lipinski definition) is 3. The van der Waals surface area contributed by atoms with Gasteiger partial charge in [-0.2, -0.15) is 0 Å². The number of carbonyl (C=O) groups is 2. The van der Waals surface area contributed by atoms with Gasteiger partial charge in [-0.3, -0.25) is 0 Å². The number of rotatable bonds is 6. The lowest BCUT2D eigenvalue weighted by molar-refractivity contribution is -0.138. The Kier molecular flexibility index (Phi) is 6.40. The molecule has 0 aliphatic rings. The van der Waals surface area contributed by atoms with E-state index in [0.717, 1.165) is 5.57 Å². The van der Waals surface area contributed by atoms with E-state index in [-0.39, 0.29) is 12.2 Å². The van der Waals surface area contributed by atoms with Crippen LogP contribution in [0.2, 0.25) is 0 Å². The molecule has 0 heterocycles. The minimum Gasteiger partial charge on any atom is -0.478 e. The molecule has 0 amide bonds. The Hall–Kier alpha value is -2.36. The number of carbonyl (C=O) groups excluding carboxylic acids is 1. The van der Waals surface area contributed by atoms with Crippen molar-refractivity contribution in [1.29, 1.82) is 0 Å². The minimum atomic E-state index is -1.02. The summed E-state index contributed by atoms with van der Waals surface area (Å²) < 4.78 is 5.02. The average Bonchev–Trinajstić information content (AvgIpc) is 2.43. The van der Waals surface area contributed by atoms with Crippen molar-refractivity contribution in [1.82, 2.24) is 0 Å². The first-order valence-corrected chi connectivity index (χ1v) is 6.79. The molecule has 0 radical (unpaired) electrons. The van der Waals surface area contributed by atoms with Crippen molar-refractivity contribution in [3.63, 3.8) is 0 Å². The molecule has 0 unspecified atom stereocenters. The van der Waals surface area contributed by atoms with Crippen LogP contribution in [-0.4, -0.2) is 23.7 Å². The van der Waals surface area contributed by atoms with E-state index in [1.807, 2.05) is 19.9 Å². The molecule has 0 spiro atoms. The number of benzene rings is 1. The third kappa shape index (κ3) is 5.26. The molecule has 1 aromatic carbocycles. The van der Waals surface area contributed by atoms with Gasteiger partial charge in [-0.25, -0.2) is 9.59 Å². The highest BCUT2D eigenvalue weighted by atomic mass is 16.5. The average molecular weight is 288 g/mol. The molecule has 1 aromatic rings.